The molecule has 1 heterocycles. The van der Waals surface area contributed by atoms with Crippen molar-refractivity contribution in [3.63, 3.8) is 0 Å². The first-order valence-electron chi connectivity index (χ1n) is 6.64. The molecule has 25 heavy (non-hydrogen) atoms. The van der Waals surface area contributed by atoms with Crippen molar-refractivity contribution >= 4 is 39.5 Å². The van der Waals surface area contributed by atoms with Gasteiger partial charge in [-0.1, -0.05) is 0 Å². The molecule has 0 aliphatic rings. The van der Waals surface area contributed by atoms with Gasteiger partial charge in [-0.2, -0.15) is 13.2 Å². The molecule has 2 aromatic rings. The monoisotopic (exact) mass is 497 g/mol. The smallest absolute Gasteiger partial charge is 0.485 e. The average Bonchev–Trinajstić information content (AvgIpc) is 2.80. The number of rotatable bonds is 4. The molecule has 140 valence electrons. The molecule has 0 bridgehead atoms. The molecule has 1 aromatic heterocycles. The van der Waals surface area contributed by atoms with E-state index >= 15 is 0 Å². The van der Waals surface area contributed by atoms with E-state index in [-0.39, 0.29) is 20.4 Å². The molecule has 0 atom stereocenters. The molecule has 0 aliphatic carbocycles. The van der Waals surface area contributed by atoms with Gasteiger partial charge >= 0.3 is 117 Å². The summed E-state index contributed by atoms with van der Waals surface area (Å²) in [6.07, 6.45) is 1.93. The zero-order chi connectivity index (χ0) is 19.4. The van der Waals surface area contributed by atoms with E-state index < -0.39 is 15.6 Å². The summed E-state index contributed by atoms with van der Waals surface area (Å²) in [4.78, 5) is 0. The third-order valence-corrected chi connectivity index (χ3v) is 6.59. The summed E-state index contributed by atoms with van der Waals surface area (Å²) in [5.74, 6) is 1.62. The van der Waals surface area contributed by atoms with Crippen LogP contribution in [0.3, 0.4) is 0 Å². The second-order valence-corrected chi connectivity index (χ2v) is 9.49. The molecular formula is C14H16F3NO5STe. The molecule has 0 amide bonds. The minimum absolute atomic E-state index is 0.263. The van der Waals surface area contributed by atoms with Crippen molar-refractivity contribution in [3.05, 3.63) is 28.5 Å². The van der Waals surface area contributed by atoms with Crippen molar-refractivity contribution in [3.8, 4) is 11.5 Å². The van der Waals surface area contributed by atoms with Crippen LogP contribution in [0.1, 0.15) is 3.71 Å². The second-order valence-electron chi connectivity index (χ2n) is 4.60. The molecule has 0 aliphatic heterocycles. The molecule has 0 spiro atoms. The molecule has 0 saturated carbocycles. The number of allylic oxidation sites excluding steroid dienone is 1. The number of aryl methyl sites for hydroxylation is 1. The van der Waals surface area contributed by atoms with E-state index in [1.54, 1.807) is 14.2 Å². The van der Waals surface area contributed by atoms with Crippen LogP contribution >= 0.6 is 0 Å². The predicted octanol–water partition coefficient (Wildman–Crippen LogP) is 1.75. The Labute approximate surface area is 152 Å². The first-order valence-corrected chi connectivity index (χ1v) is 10.4. The Kier molecular flexibility index (Phi) is 7.31. The Morgan fingerprint density at radius 3 is 2.16 bits per heavy atom. The number of hydrogen-bond donors (Lipinski definition) is 0. The minimum Gasteiger partial charge on any atom is -0.741 e. The first kappa shape index (κ1) is 21.8. The summed E-state index contributed by atoms with van der Waals surface area (Å²) >= 11 is -0.263. The van der Waals surface area contributed by atoms with Crippen LogP contribution in [0.4, 0.5) is 13.2 Å². The Hall–Kier alpha value is -1.28. The molecule has 0 unspecified atom stereocenters. The Morgan fingerprint density at radius 2 is 1.76 bits per heavy atom. The average molecular weight is 495 g/mol. The van der Waals surface area contributed by atoms with Crippen LogP contribution in [0, 0.1) is 6.92 Å². The van der Waals surface area contributed by atoms with Crippen LogP contribution in [0.25, 0.3) is 8.92 Å². The first-order chi connectivity index (χ1) is 11.5. The van der Waals surface area contributed by atoms with E-state index in [1.165, 1.54) is 12.6 Å². The van der Waals surface area contributed by atoms with E-state index in [4.69, 9.17) is 22.4 Å². The van der Waals surface area contributed by atoms with E-state index in [0.29, 0.717) is 0 Å². The van der Waals surface area contributed by atoms with Crippen LogP contribution in [0.2, 0.25) is 0 Å². The normalized spacial score (nSPS) is 11.6. The van der Waals surface area contributed by atoms with Crippen LogP contribution < -0.4 is 14.0 Å². The SMILES string of the molecule is C=CC[n+]1c(C)[te]c2cc(OC)c(OC)cc21.O=S(=O)([O-])C(F)(F)F. The minimum atomic E-state index is -6.09. The Balaban J connectivity index is 0.000000333. The standard InChI is InChI=1S/C13H16NO2Te.CHF3O3S/c1-5-6-14-9(2)17-13-8-12(16-4)11(15-3)7-10(13)14;2-1(3,4)8(5,6)7/h5,7-8H,1,6H2,2-4H3;(H,5,6,7)/q+1;/p-1. The van der Waals surface area contributed by atoms with Crippen LogP contribution in [0.15, 0.2) is 24.8 Å². The molecule has 0 N–H and O–H groups in total. The predicted molar refractivity (Wildman–Crippen MR) is 84.9 cm³/mol. The number of methoxy groups -OCH3 is 2. The van der Waals surface area contributed by atoms with Gasteiger partial charge in [0.1, 0.15) is 0 Å². The molecule has 0 saturated heterocycles. The van der Waals surface area contributed by atoms with Gasteiger partial charge in [-0.25, -0.2) is 8.42 Å². The van der Waals surface area contributed by atoms with Crippen LogP contribution in [-0.2, 0) is 16.7 Å². The Morgan fingerprint density at radius 1 is 1.28 bits per heavy atom. The van der Waals surface area contributed by atoms with Crippen molar-refractivity contribution in [1.82, 2.24) is 0 Å². The maximum absolute atomic E-state index is 10.7. The maximum atomic E-state index is 10.7. The molecule has 2 rings (SSSR count). The molecule has 0 radical (unpaired) electrons. The van der Waals surface area contributed by atoms with Gasteiger partial charge in [0.2, 0.25) is 0 Å². The fourth-order valence-electron chi connectivity index (χ4n) is 1.88. The zero-order valence-electron chi connectivity index (χ0n) is 13.6. The largest absolute Gasteiger partial charge is 0.741 e. The van der Waals surface area contributed by atoms with Gasteiger partial charge in [0.05, 0.1) is 0 Å². The van der Waals surface area contributed by atoms with Crippen molar-refractivity contribution < 1.29 is 40.2 Å². The van der Waals surface area contributed by atoms with Gasteiger partial charge in [-0.05, 0) is 0 Å². The van der Waals surface area contributed by atoms with E-state index in [1.807, 2.05) is 6.08 Å². The van der Waals surface area contributed by atoms with E-state index in [9.17, 15) is 13.2 Å². The number of benzene rings is 1. The maximum Gasteiger partial charge on any atom is 0.485 e. The summed E-state index contributed by atoms with van der Waals surface area (Å²) in [7, 11) is -2.74. The van der Waals surface area contributed by atoms with Gasteiger partial charge in [0, 0.05) is 0 Å². The topological polar surface area (TPSA) is 79.5 Å². The number of nitrogens with zero attached hydrogens (tertiary/aromatic N) is 1. The molecule has 11 heteroatoms. The van der Waals surface area contributed by atoms with E-state index in [2.05, 4.69) is 30.2 Å². The third-order valence-electron chi connectivity index (χ3n) is 2.99. The Bertz CT molecular complexity index is 861. The zero-order valence-corrected chi connectivity index (χ0v) is 16.7. The summed E-state index contributed by atoms with van der Waals surface area (Å²) in [5.41, 5.74) is -4.39. The van der Waals surface area contributed by atoms with Gasteiger partial charge in [0.15, 0.2) is 10.1 Å². The van der Waals surface area contributed by atoms with Crippen molar-refractivity contribution in [2.45, 2.75) is 19.0 Å². The number of ether oxygens (including phenoxy) is 2. The summed E-state index contributed by atoms with van der Waals surface area (Å²) in [5, 5.41) is 0. The van der Waals surface area contributed by atoms with Gasteiger partial charge in [0.25, 0.3) is 0 Å². The number of alkyl halides is 3. The fourth-order valence-corrected chi connectivity index (χ4v) is 4.85. The number of fused-ring (bicyclic) bond motifs is 1. The second kappa shape index (κ2) is 8.40. The quantitative estimate of drug-likeness (QED) is 0.213. The summed E-state index contributed by atoms with van der Waals surface area (Å²) in [6, 6.07) is 4.18. The van der Waals surface area contributed by atoms with E-state index in [0.717, 1.165) is 18.0 Å². The fraction of sp³-hybridized carbons (Fsp3) is 0.357. The van der Waals surface area contributed by atoms with Gasteiger partial charge in [-0.3, -0.25) is 0 Å². The summed E-state index contributed by atoms with van der Waals surface area (Å²) < 4.78 is 74.8. The molecule has 0 fully saturated rings. The van der Waals surface area contributed by atoms with Crippen LogP contribution in [0.5, 0.6) is 11.5 Å². The summed E-state index contributed by atoms with van der Waals surface area (Å²) in [6.45, 7) is 6.87. The van der Waals surface area contributed by atoms with Gasteiger partial charge in [-0.15, -0.1) is 0 Å². The van der Waals surface area contributed by atoms with Crippen molar-refractivity contribution in [1.29, 1.82) is 0 Å². The third kappa shape index (κ3) is 5.34. The number of hydrogen-bond acceptors (Lipinski definition) is 5. The van der Waals surface area contributed by atoms with Crippen LogP contribution in [-0.4, -0.2) is 53.1 Å². The van der Waals surface area contributed by atoms with Gasteiger partial charge < -0.3 is 4.55 Å². The molecule has 1 aromatic carbocycles. The molecule has 6 nitrogen and oxygen atoms in total. The van der Waals surface area contributed by atoms with Crippen molar-refractivity contribution in [2.24, 2.45) is 0 Å². The number of halogens is 3. The molecular weight excluding hydrogens is 479 g/mol. The van der Waals surface area contributed by atoms with Crippen molar-refractivity contribution in [2.75, 3.05) is 14.2 Å². The number of aromatic nitrogens is 1.